The third-order valence-corrected chi connectivity index (χ3v) is 6.12. The largest absolute Gasteiger partial charge is 0.416 e. The molecule has 1 heterocycles. The van der Waals surface area contributed by atoms with Gasteiger partial charge in [-0.05, 0) is 29.3 Å². The first-order valence-electron chi connectivity index (χ1n) is 8.95. The van der Waals surface area contributed by atoms with Crippen molar-refractivity contribution >= 4 is 23.3 Å². The lowest BCUT2D eigenvalue weighted by molar-refractivity contribution is -0.137. The molecule has 7 heteroatoms. The number of Topliss-reactive ketones (excluding diaryl/α,β-unsaturated/α-hetero) is 1. The quantitative estimate of drug-likeness (QED) is 0.704. The third kappa shape index (κ3) is 2.16. The number of hydrogen-bond donors (Lipinski definition) is 0. The van der Waals surface area contributed by atoms with Gasteiger partial charge in [0, 0.05) is 12.3 Å². The maximum Gasteiger partial charge on any atom is 0.416 e. The Balaban J connectivity index is 1.62. The third-order valence-electron chi connectivity index (χ3n) is 6.12. The number of imide groups is 1. The van der Waals surface area contributed by atoms with Gasteiger partial charge in [0.2, 0.25) is 11.8 Å². The molecular weight excluding hydrogens is 371 g/mol. The number of rotatable bonds is 1. The van der Waals surface area contributed by atoms with Crippen LogP contribution < -0.4 is 4.90 Å². The molecule has 4 atom stereocenters. The summed E-state index contributed by atoms with van der Waals surface area (Å²) in [6.07, 6.45) is -4.40. The van der Waals surface area contributed by atoms with Crippen LogP contribution in [0.2, 0.25) is 0 Å². The first-order chi connectivity index (χ1) is 13.3. The Morgan fingerprint density at radius 3 is 2.25 bits per heavy atom. The van der Waals surface area contributed by atoms with E-state index in [4.69, 9.17) is 0 Å². The number of anilines is 1. The van der Waals surface area contributed by atoms with Gasteiger partial charge in [-0.1, -0.05) is 30.3 Å². The van der Waals surface area contributed by atoms with Gasteiger partial charge in [-0.15, -0.1) is 0 Å². The summed E-state index contributed by atoms with van der Waals surface area (Å²) >= 11 is 0. The topological polar surface area (TPSA) is 54.5 Å². The molecule has 2 aromatic rings. The lowest BCUT2D eigenvalue weighted by Crippen LogP contribution is -2.44. The summed E-state index contributed by atoms with van der Waals surface area (Å²) in [4.78, 5) is 39.7. The number of carbonyl (C=O) groups is 3. The van der Waals surface area contributed by atoms with Crippen molar-refractivity contribution in [3.05, 3.63) is 65.2 Å². The van der Waals surface area contributed by atoms with Gasteiger partial charge in [0.15, 0.2) is 0 Å². The van der Waals surface area contributed by atoms with Crippen molar-refractivity contribution in [3.63, 3.8) is 0 Å². The van der Waals surface area contributed by atoms with Gasteiger partial charge in [0.25, 0.3) is 0 Å². The van der Waals surface area contributed by atoms with Crippen molar-refractivity contribution < 1.29 is 27.6 Å². The molecule has 0 N–H and O–H groups in total. The molecule has 4 aliphatic rings. The van der Waals surface area contributed by atoms with Crippen molar-refractivity contribution in [1.82, 2.24) is 0 Å². The van der Waals surface area contributed by atoms with Crippen LogP contribution >= 0.6 is 0 Å². The molecule has 0 unspecified atom stereocenters. The van der Waals surface area contributed by atoms with Gasteiger partial charge in [-0.25, -0.2) is 4.90 Å². The van der Waals surface area contributed by atoms with E-state index in [0.29, 0.717) is 0 Å². The predicted molar refractivity (Wildman–Crippen MR) is 92.5 cm³/mol. The number of amides is 2. The first kappa shape index (κ1) is 17.2. The molecule has 2 bridgehead atoms. The fourth-order valence-electron chi connectivity index (χ4n) is 5.04. The van der Waals surface area contributed by atoms with E-state index in [2.05, 4.69) is 0 Å². The fourth-order valence-corrected chi connectivity index (χ4v) is 5.04. The van der Waals surface area contributed by atoms with E-state index in [9.17, 15) is 27.6 Å². The lowest BCUT2D eigenvalue weighted by Gasteiger charge is -2.43. The fraction of sp³-hybridized carbons (Fsp3) is 0.286. The van der Waals surface area contributed by atoms with Crippen molar-refractivity contribution in [2.45, 2.75) is 24.4 Å². The van der Waals surface area contributed by atoms with Crippen LogP contribution in [0.25, 0.3) is 0 Å². The van der Waals surface area contributed by atoms with Crippen LogP contribution in [-0.2, 0) is 20.6 Å². The van der Waals surface area contributed by atoms with E-state index in [0.717, 1.165) is 28.2 Å². The number of fused-ring (bicyclic) bond motifs is 1. The monoisotopic (exact) mass is 385 g/mol. The van der Waals surface area contributed by atoms with Gasteiger partial charge in [0.1, 0.15) is 5.78 Å². The summed E-state index contributed by atoms with van der Waals surface area (Å²) in [6, 6.07) is 11.5. The Morgan fingerprint density at radius 1 is 0.857 bits per heavy atom. The lowest BCUT2D eigenvalue weighted by atomic mass is 9.56. The van der Waals surface area contributed by atoms with Gasteiger partial charge < -0.3 is 0 Å². The van der Waals surface area contributed by atoms with Crippen molar-refractivity contribution in [3.8, 4) is 0 Å². The Morgan fingerprint density at radius 2 is 1.54 bits per heavy atom. The maximum atomic E-state index is 13.1. The van der Waals surface area contributed by atoms with E-state index in [1.54, 1.807) is 12.1 Å². The minimum absolute atomic E-state index is 0.0861. The number of benzene rings is 2. The normalized spacial score (nSPS) is 28.5. The molecule has 28 heavy (non-hydrogen) atoms. The molecule has 0 aromatic heterocycles. The molecule has 2 aromatic carbocycles. The van der Waals surface area contributed by atoms with E-state index in [1.165, 1.54) is 12.1 Å². The van der Waals surface area contributed by atoms with Crippen LogP contribution in [-0.4, -0.2) is 17.6 Å². The number of nitrogens with zero attached hydrogens (tertiary/aromatic N) is 1. The average Bonchev–Trinajstić information content (AvgIpc) is 2.93. The molecule has 1 saturated carbocycles. The zero-order valence-electron chi connectivity index (χ0n) is 14.4. The number of ketones is 1. The minimum Gasteiger partial charge on any atom is -0.299 e. The standard InChI is InChI=1S/C21H14F3NO3/c22-21(23,24)10-4-3-5-11(8-10)25-19(27)17-14-9-15(26)16(18(17)20(25)28)13-7-2-1-6-12(13)14/h1-8,14,16-18H,9H2/t14-,16+,17-,18-/m1/s1. The summed E-state index contributed by atoms with van der Waals surface area (Å²) < 4.78 is 39.2. The predicted octanol–water partition coefficient (Wildman–Crippen LogP) is 3.66. The molecule has 0 spiro atoms. The van der Waals surface area contributed by atoms with Crippen LogP contribution in [0.1, 0.15) is 34.9 Å². The second-order valence-electron chi connectivity index (χ2n) is 7.50. The molecular formula is C21H14F3NO3. The van der Waals surface area contributed by atoms with Crippen LogP contribution in [0.3, 0.4) is 0 Å². The molecule has 2 fully saturated rings. The van der Waals surface area contributed by atoms with E-state index >= 15 is 0 Å². The van der Waals surface area contributed by atoms with Gasteiger partial charge in [0.05, 0.1) is 29.0 Å². The number of hydrogen-bond acceptors (Lipinski definition) is 3. The van der Waals surface area contributed by atoms with Gasteiger partial charge in [-0.3, -0.25) is 14.4 Å². The number of carbonyl (C=O) groups excluding carboxylic acids is 3. The number of halogens is 3. The summed E-state index contributed by atoms with van der Waals surface area (Å²) in [6.45, 7) is 0. The average molecular weight is 385 g/mol. The molecule has 1 aliphatic heterocycles. The molecule has 2 amide bonds. The van der Waals surface area contributed by atoms with E-state index in [1.807, 2.05) is 12.1 Å². The summed E-state index contributed by atoms with van der Waals surface area (Å²) in [5, 5.41) is 0. The minimum atomic E-state index is -4.58. The van der Waals surface area contributed by atoms with E-state index < -0.39 is 47.2 Å². The van der Waals surface area contributed by atoms with Crippen molar-refractivity contribution in [2.24, 2.45) is 11.8 Å². The Hall–Kier alpha value is -2.96. The Labute approximate surface area is 157 Å². The molecule has 3 aliphatic carbocycles. The van der Waals surface area contributed by atoms with Gasteiger partial charge in [-0.2, -0.15) is 13.2 Å². The zero-order valence-corrected chi connectivity index (χ0v) is 14.4. The highest BCUT2D eigenvalue weighted by molar-refractivity contribution is 6.24. The second kappa shape index (κ2) is 5.53. The highest BCUT2D eigenvalue weighted by atomic mass is 19.4. The van der Waals surface area contributed by atoms with Crippen molar-refractivity contribution in [2.75, 3.05) is 4.90 Å². The second-order valence-corrected chi connectivity index (χ2v) is 7.50. The zero-order chi connectivity index (χ0) is 19.8. The Kier molecular flexibility index (Phi) is 3.39. The molecule has 4 nitrogen and oxygen atoms in total. The van der Waals surface area contributed by atoms with Crippen LogP contribution in [0.4, 0.5) is 18.9 Å². The van der Waals surface area contributed by atoms with Crippen LogP contribution in [0.15, 0.2) is 48.5 Å². The molecule has 6 rings (SSSR count). The SMILES string of the molecule is O=C1C[C@@H]2c3ccccc3[C@@H]1[C@H]1C(=O)N(c3cccc(C(F)(F)F)c3)C(=O)[C@@H]12. The van der Waals surface area contributed by atoms with E-state index in [-0.39, 0.29) is 17.9 Å². The van der Waals surface area contributed by atoms with Gasteiger partial charge >= 0.3 is 6.18 Å². The number of alkyl halides is 3. The maximum absolute atomic E-state index is 13.1. The highest BCUT2D eigenvalue weighted by Crippen LogP contribution is 2.57. The summed E-state index contributed by atoms with van der Waals surface area (Å²) in [5.74, 6) is -3.87. The highest BCUT2D eigenvalue weighted by Gasteiger charge is 2.62. The van der Waals surface area contributed by atoms with Crippen LogP contribution in [0.5, 0.6) is 0 Å². The first-order valence-corrected chi connectivity index (χ1v) is 8.95. The molecule has 142 valence electrons. The van der Waals surface area contributed by atoms with Crippen LogP contribution in [0, 0.1) is 11.8 Å². The Bertz CT molecular complexity index is 1050. The summed E-state index contributed by atoms with van der Waals surface area (Å²) in [5.41, 5.74) is 0.621. The summed E-state index contributed by atoms with van der Waals surface area (Å²) in [7, 11) is 0. The van der Waals surface area contributed by atoms with Crippen molar-refractivity contribution in [1.29, 1.82) is 0 Å². The molecule has 1 saturated heterocycles. The smallest absolute Gasteiger partial charge is 0.299 e. The molecule has 0 radical (unpaired) electrons.